The van der Waals surface area contributed by atoms with Crippen molar-refractivity contribution in [1.82, 2.24) is 15.3 Å². The first-order valence-corrected chi connectivity index (χ1v) is 8.17. The summed E-state index contributed by atoms with van der Waals surface area (Å²) < 4.78 is 24.7. The van der Waals surface area contributed by atoms with Crippen LogP contribution in [0, 0.1) is 5.92 Å². The summed E-state index contributed by atoms with van der Waals surface area (Å²) in [6.07, 6.45) is 0.467. The van der Waals surface area contributed by atoms with Gasteiger partial charge in [-0.2, -0.15) is 0 Å². The first kappa shape index (κ1) is 17.8. The predicted octanol–water partition coefficient (Wildman–Crippen LogP) is 0.979. The molecule has 0 radical (unpaired) electrons. The van der Waals surface area contributed by atoms with E-state index in [2.05, 4.69) is 15.3 Å². The molecule has 3 N–H and O–H groups in total. The highest BCUT2D eigenvalue weighted by Gasteiger charge is 2.41. The number of nitrogens with one attached hydrogen (secondary N) is 1. The lowest BCUT2D eigenvalue weighted by atomic mass is 9.97. The van der Waals surface area contributed by atoms with Gasteiger partial charge in [-0.25, -0.2) is 14.4 Å². The molecule has 2 amide bonds. The van der Waals surface area contributed by atoms with E-state index in [1.165, 1.54) is 13.3 Å². The molecule has 1 unspecified atom stereocenters. The lowest BCUT2D eigenvalue weighted by molar-refractivity contribution is -0.123. The topological polar surface area (TPSA) is 116 Å². The van der Waals surface area contributed by atoms with Gasteiger partial charge in [0.25, 0.3) is 11.8 Å². The van der Waals surface area contributed by atoms with E-state index in [-0.39, 0.29) is 23.9 Å². The summed E-state index contributed by atoms with van der Waals surface area (Å²) in [7, 11) is 1.37. The maximum Gasteiger partial charge on any atom is 0.255 e. The number of nitrogens with two attached hydrogens (primary N) is 1. The van der Waals surface area contributed by atoms with Crippen LogP contribution in [0.5, 0.6) is 11.8 Å². The van der Waals surface area contributed by atoms with E-state index in [0.717, 1.165) is 0 Å². The van der Waals surface area contributed by atoms with Gasteiger partial charge in [-0.05, 0) is 18.6 Å². The van der Waals surface area contributed by atoms with Crippen molar-refractivity contribution in [3.05, 3.63) is 23.9 Å². The molecular weight excluding hydrogens is 343 g/mol. The van der Waals surface area contributed by atoms with Gasteiger partial charge in [0.1, 0.15) is 17.7 Å². The molecule has 0 saturated carbocycles. The zero-order valence-corrected chi connectivity index (χ0v) is 14.4. The Hall–Kier alpha value is -2.97. The lowest BCUT2D eigenvalue weighted by Gasteiger charge is -2.18. The van der Waals surface area contributed by atoms with Gasteiger partial charge in [-0.15, -0.1) is 0 Å². The third-order valence-electron chi connectivity index (χ3n) is 4.47. The van der Waals surface area contributed by atoms with E-state index in [9.17, 15) is 14.0 Å². The number of primary amides is 1. The van der Waals surface area contributed by atoms with Gasteiger partial charge < -0.3 is 20.5 Å². The molecule has 2 aromatic heterocycles. The van der Waals surface area contributed by atoms with E-state index in [1.807, 2.05) is 6.92 Å². The number of alkyl halides is 1. The zero-order chi connectivity index (χ0) is 18.8. The van der Waals surface area contributed by atoms with Crippen LogP contribution >= 0.6 is 0 Å². The summed E-state index contributed by atoms with van der Waals surface area (Å²) in [5.74, 6) is -1.48. The lowest BCUT2D eigenvalue weighted by Crippen LogP contribution is -2.34. The number of ether oxygens (including phenoxy) is 2. The standard InChI is InChI=1S/C17H19FN4O4/c1-3-9-11(21-15(24)12(9)18)7-26-17-13-8(4-5-20-17)6-10(14(19)23)16(22-13)25-2/h4-6,9,11-12H,3,7H2,1-2H3,(H2,19,23)(H,21,24)/t9-,11?,12-/m0/s1. The molecule has 138 valence electrons. The third kappa shape index (κ3) is 3.12. The average Bonchev–Trinajstić information content (AvgIpc) is 2.91. The summed E-state index contributed by atoms with van der Waals surface area (Å²) >= 11 is 0. The highest BCUT2D eigenvalue weighted by molar-refractivity contribution is 5.99. The van der Waals surface area contributed by atoms with Gasteiger partial charge in [0, 0.05) is 17.5 Å². The largest absolute Gasteiger partial charge is 0.480 e. The van der Waals surface area contributed by atoms with Gasteiger partial charge >= 0.3 is 0 Å². The van der Waals surface area contributed by atoms with Crippen LogP contribution in [0.1, 0.15) is 23.7 Å². The van der Waals surface area contributed by atoms with Crippen LogP contribution in [0.15, 0.2) is 18.3 Å². The minimum Gasteiger partial charge on any atom is -0.480 e. The van der Waals surface area contributed by atoms with Crippen molar-refractivity contribution in [2.24, 2.45) is 11.7 Å². The Balaban J connectivity index is 1.89. The molecule has 1 fully saturated rings. The van der Waals surface area contributed by atoms with E-state index in [4.69, 9.17) is 15.2 Å². The number of carbonyl (C=O) groups excluding carboxylic acids is 2. The molecule has 8 nitrogen and oxygen atoms in total. The van der Waals surface area contributed by atoms with Crippen molar-refractivity contribution in [3.63, 3.8) is 0 Å². The summed E-state index contributed by atoms with van der Waals surface area (Å²) in [5, 5.41) is 3.19. The Morgan fingerprint density at radius 1 is 1.42 bits per heavy atom. The van der Waals surface area contributed by atoms with Crippen LogP contribution in [0.3, 0.4) is 0 Å². The number of fused-ring (bicyclic) bond motifs is 1. The molecule has 1 aliphatic heterocycles. The minimum atomic E-state index is -1.54. The fraction of sp³-hybridized carbons (Fsp3) is 0.412. The van der Waals surface area contributed by atoms with Crippen LogP contribution in [-0.2, 0) is 4.79 Å². The monoisotopic (exact) mass is 362 g/mol. The molecular formula is C17H19FN4O4. The van der Waals surface area contributed by atoms with Crippen LogP contribution in [0.25, 0.3) is 10.9 Å². The number of methoxy groups -OCH3 is 1. The molecule has 1 aliphatic rings. The molecule has 0 spiro atoms. The van der Waals surface area contributed by atoms with Gasteiger partial charge in [-0.1, -0.05) is 6.92 Å². The van der Waals surface area contributed by atoms with E-state index >= 15 is 0 Å². The SMILES string of the molecule is CC[C@H]1C(COc2nccc3cc(C(N)=O)c(OC)nc23)NC(=O)[C@H]1F. The van der Waals surface area contributed by atoms with Gasteiger partial charge in [0.05, 0.1) is 13.2 Å². The quantitative estimate of drug-likeness (QED) is 0.791. The number of amides is 2. The van der Waals surface area contributed by atoms with E-state index in [1.54, 1.807) is 12.1 Å². The number of rotatable bonds is 6. The second-order valence-electron chi connectivity index (χ2n) is 6.00. The van der Waals surface area contributed by atoms with Crippen LogP contribution in [0.4, 0.5) is 4.39 Å². The molecule has 3 heterocycles. The van der Waals surface area contributed by atoms with E-state index < -0.39 is 29.9 Å². The van der Waals surface area contributed by atoms with Crippen molar-refractivity contribution < 1.29 is 23.5 Å². The fourth-order valence-electron chi connectivity index (χ4n) is 3.09. The second-order valence-corrected chi connectivity index (χ2v) is 6.00. The second kappa shape index (κ2) is 7.11. The Kier molecular flexibility index (Phi) is 4.88. The van der Waals surface area contributed by atoms with Gasteiger partial charge in [0.15, 0.2) is 6.17 Å². The highest BCUT2D eigenvalue weighted by atomic mass is 19.1. The first-order chi connectivity index (χ1) is 12.5. The molecule has 3 rings (SSSR count). The Bertz CT molecular complexity index is 860. The minimum absolute atomic E-state index is 0.0539. The van der Waals surface area contributed by atoms with Crippen molar-refractivity contribution in [1.29, 1.82) is 0 Å². The third-order valence-corrected chi connectivity index (χ3v) is 4.47. The Morgan fingerprint density at radius 2 is 2.19 bits per heavy atom. The number of halogens is 1. The van der Waals surface area contributed by atoms with Crippen molar-refractivity contribution >= 4 is 22.7 Å². The maximum atomic E-state index is 13.9. The normalized spacial score (nSPS) is 22.3. The van der Waals surface area contributed by atoms with Crippen molar-refractivity contribution in [3.8, 4) is 11.8 Å². The number of aromatic nitrogens is 2. The molecule has 1 saturated heterocycles. The first-order valence-electron chi connectivity index (χ1n) is 8.17. The molecule has 0 aliphatic carbocycles. The number of carbonyl (C=O) groups is 2. The summed E-state index contributed by atoms with van der Waals surface area (Å²) in [6, 6.07) is 2.75. The Morgan fingerprint density at radius 3 is 2.85 bits per heavy atom. The smallest absolute Gasteiger partial charge is 0.255 e. The van der Waals surface area contributed by atoms with Crippen molar-refractivity contribution in [2.75, 3.05) is 13.7 Å². The molecule has 26 heavy (non-hydrogen) atoms. The zero-order valence-electron chi connectivity index (χ0n) is 14.4. The van der Waals surface area contributed by atoms with Crippen LogP contribution in [0.2, 0.25) is 0 Å². The average molecular weight is 362 g/mol. The molecule has 2 aromatic rings. The predicted molar refractivity (Wildman–Crippen MR) is 90.7 cm³/mol. The number of hydrogen-bond donors (Lipinski definition) is 2. The molecule has 9 heteroatoms. The Labute approximate surface area is 148 Å². The number of hydrogen-bond acceptors (Lipinski definition) is 6. The fourth-order valence-corrected chi connectivity index (χ4v) is 3.09. The van der Waals surface area contributed by atoms with E-state index in [0.29, 0.717) is 17.3 Å². The number of nitrogens with zero attached hydrogens (tertiary/aromatic N) is 2. The van der Waals surface area contributed by atoms with Gasteiger partial charge in [0.2, 0.25) is 11.8 Å². The van der Waals surface area contributed by atoms with Crippen molar-refractivity contribution in [2.45, 2.75) is 25.6 Å². The number of pyridine rings is 2. The van der Waals surface area contributed by atoms with Crippen LogP contribution < -0.4 is 20.5 Å². The summed E-state index contributed by atoms with van der Waals surface area (Å²) in [4.78, 5) is 31.5. The van der Waals surface area contributed by atoms with Crippen LogP contribution in [-0.4, -0.2) is 47.7 Å². The summed E-state index contributed by atoms with van der Waals surface area (Å²) in [6.45, 7) is 1.87. The summed E-state index contributed by atoms with van der Waals surface area (Å²) in [5.41, 5.74) is 5.86. The molecule has 0 bridgehead atoms. The maximum absolute atomic E-state index is 13.9. The molecule has 0 aromatic carbocycles. The van der Waals surface area contributed by atoms with Gasteiger partial charge in [-0.3, -0.25) is 9.59 Å². The molecule has 3 atom stereocenters. The highest BCUT2D eigenvalue weighted by Crippen LogP contribution is 2.28.